The van der Waals surface area contributed by atoms with E-state index < -0.39 is 0 Å². The lowest BCUT2D eigenvalue weighted by Crippen LogP contribution is -2.45. The zero-order chi connectivity index (χ0) is 14.3. The van der Waals surface area contributed by atoms with Crippen molar-refractivity contribution in [1.82, 2.24) is 10.2 Å². The van der Waals surface area contributed by atoms with Crippen LogP contribution in [0.25, 0.3) is 0 Å². The van der Waals surface area contributed by atoms with Gasteiger partial charge in [-0.15, -0.1) is 0 Å². The van der Waals surface area contributed by atoms with E-state index in [1.165, 1.54) is 7.11 Å². The van der Waals surface area contributed by atoms with Gasteiger partial charge in [-0.2, -0.15) is 0 Å². The van der Waals surface area contributed by atoms with Crippen LogP contribution in [0, 0.1) is 5.92 Å². The van der Waals surface area contributed by atoms with Crippen LogP contribution < -0.4 is 5.32 Å². The van der Waals surface area contributed by atoms with Gasteiger partial charge in [-0.3, -0.25) is 14.5 Å². The third-order valence-corrected chi connectivity index (χ3v) is 3.31. The molecule has 0 spiro atoms. The van der Waals surface area contributed by atoms with Gasteiger partial charge in [-0.05, 0) is 32.9 Å². The van der Waals surface area contributed by atoms with Gasteiger partial charge in [-0.1, -0.05) is 0 Å². The highest BCUT2D eigenvalue weighted by Crippen LogP contribution is 2.17. The zero-order valence-electron chi connectivity index (χ0n) is 12.0. The largest absolute Gasteiger partial charge is 0.469 e. The second-order valence-corrected chi connectivity index (χ2v) is 5.00. The molecule has 0 aromatic heterocycles. The van der Waals surface area contributed by atoms with E-state index in [1.807, 2.05) is 6.92 Å². The number of nitrogens with one attached hydrogen (secondary N) is 1. The monoisotopic (exact) mass is 272 g/mol. The number of piperidine rings is 1. The first-order valence-electron chi connectivity index (χ1n) is 6.65. The van der Waals surface area contributed by atoms with Gasteiger partial charge in [0.2, 0.25) is 5.91 Å². The maximum Gasteiger partial charge on any atom is 0.308 e. The fraction of sp³-hybridized carbons (Fsp3) is 0.846. The van der Waals surface area contributed by atoms with Crippen molar-refractivity contribution in [3.63, 3.8) is 0 Å². The fourth-order valence-corrected chi connectivity index (χ4v) is 2.31. The fourth-order valence-electron chi connectivity index (χ4n) is 2.31. The van der Waals surface area contributed by atoms with E-state index in [2.05, 4.69) is 10.2 Å². The zero-order valence-corrected chi connectivity index (χ0v) is 12.0. The van der Waals surface area contributed by atoms with E-state index in [-0.39, 0.29) is 23.8 Å². The summed E-state index contributed by atoms with van der Waals surface area (Å²) in [6, 6.07) is 0.0186. The summed E-state index contributed by atoms with van der Waals surface area (Å²) in [7, 11) is 3.03. The summed E-state index contributed by atoms with van der Waals surface area (Å²) in [6.45, 7) is 4.31. The quantitative estimate of drug-likeness (QED) is 0.691. The molecule has 1 atom stereocenters. The second kappa shape index (κ2) is 8.12. The number of amides is 1. The molecule has 0 saturated carbocycles. The molecule has 1 heterocycles. The molecule has 1 aliphatic heterocycles. The van der Waals surface area contributed by atoms with Crippen molar-refractivity contribution in [1.29, 1.82) is 0 Å². The summed E-state index contributed by atoms with van der Waals surface area (Å²) >= 11 is 0. The first-order valence-corrected chi connectivity index (χ1v) is 6.65. The lowest BCUT2D eigenvalue weighted by Gasteiger charge is -2.30. The molecule has 1 aliphatic rings. The average molecular weight is 272 g/mol. The predicted molar refractivity (Wildman–Crippen MR) is 70.7 cm³/mol. The van der Waals surface area contributed by atoms with Crippen molar-refractivity contribution in [2.75, 3.05) is 40.5 Å². The molecule has 0 aromatic rings. The third-order valence-electron chi connectivity index (χ3n) is 3.31. The molecule has 6 heteroatoms. The van der Waals surface area contributed by atoms with Gasteiger partial charge in [0.15, 0.2) is 0 Å². The number of carbonyl (C=O) groups excluding carboxylic acids is 2. The van der Waals surface area contributed by atoms with Crippen molar-refractivity contribution in [2.45, 2.75) is 25.8 Å². The minimum atomic E-state index is -0.141. The Balaban J connectivity index is 2.25. The Morgan fingerprint density at radius 1 is 1.32 bits per heavy atom. The number of rotatable bonds is 6. The Hall–Kier alpha value is -1.14. The van der Waals surface area contributed by atoms with Crippen LogP contribution in [0.4, 0.5) is 0 Å². The Bertz CT molecular complexity index is 301. The maximum absolute atomic E-state index is 11.8. The summed E-state index contributed by atoms with van der Waals surface area (Å²) in [4.78, 5) is 25.2. The highest BCUT2D eigenvalue weighted by atomic mass is 16.5. The van der Waals surface area contributed by atoms with Crippen LogP contribution in [-0.2, 0) is 19.1 Å². The number of nitrogens with zero attached hydrogens (tertiary/aromatic N) is 1. The first kappa shape index (κ1) is 15.9. The van der Waals surface area contributed by atoms with Crippen LogP contribution in [0.5, 0.6) is 0 Å². The van der Waals surface area contributed by atoms with E-state index in [1.54, 1.807) is 7.11 Å². The van der Waals surface area contributed by atoms with Crippen LogP contribution in [0.15, 0.2) is 0 Å². The molecule has 1 N–H and O–H groups in total. The highest BCUT2D eigenvalue weighted by molar-refractivity contribution is 5.78. The lowest BCUT2D eigenvalue weighted by atomic mass is 9.97. The smallest absolute Gasteiger partial charge is 0.308 e. The SMILES string of the molecule is COCC(C)NC(=O)CN1CCC(C(=O)OC)CC1. The van der Waals surface area contributed by atoms with Gasteiger partial charge in [0.1, 0.15) is 0 Å². The Kier molecular flexibility index (Phi) is 6.80. The number of hydrogen-bond acceptors (Lipinski definition) is 5. The molecular weight excluding hydrogens is 248 g/mol. The molecule has 0 aliphatic carbocycles. The van der Waals surface area contributed by atoms with Gasteiger partial charge in [0, 0.05) is 13.2 Å². The molecule has 19 heavy (non-hydrogen) atoms. The molecule has 1 amide bonds. The molecule has 1 fully saturated rings. The van der Waals surface area contributed by atoms with E-state index in [4.69, 9.17) is 9.47 Å². The molecule has 6 nitrogen and oxygen atoms in total. The van der Waals surface area contributed by atoms with Crippen LogP contribution in [0.3, 0.4) is 0 Å². The van der Waals surface area contributed by atoms with Crippen molar-refractivity contribution in [2.24, 2.45) is 5.92 Å². The van der Waals surface area contributed by atoms with Crippen molar-refractivity contribution in [3.8, 4) is 0 Å². The first-order chi connectivity index (χ1) is 9.06. The summed E-state index contributed by atoms with van der Waals surface area (Å²) < 4.78 is 9.70. The lowest BCUT2D eigenvalue weighted by molar-refractivity contribution is -0.147. The Morgan fingerprint density at radius 2 is 1.95 bits per heavy atom. The summed E-state index contributed by atoms with van der Waals surface area (Å²) in [5.41, 5.74) is 0. The molecule has 1 unspecified atom stereocenters. The Labute approximate surface area is 114 Å². The molecule has 0 aromatic carbocycles. The average Bonchev–Trinajstić information content (AvgIpc) is 2.38. The maximum atomic E-state index is 11.8. The van der Waals surface area contributed by atoms with E-state index in [0.717, 1.165) is 25.9 Å². The highest BCUT2D eigenvalue weighted by Gasteiger charge is 2.26. The predicted octanol–water partition coefficient (Wildman–Crippen LogP) is 0.0225. The standard InChI is InChI=1S/C13H24N2O4/c1-10(9-18-2)14-12(16)8-15-6-4-11(5-7-15)13(17)19-3/h10-11H,4-9H2,1-3H3,(H,14,16). The number of carbonyl (C=O) groups is 2. The van der Waals surface area contributed by atoms with Crippen LogP contribution >= 0.6 is 0 Å². The van der Waals surface area contributed by atoms with Gasteiger partial charge in [-0.25, -0.2) is 0 Å². The minimum absolute atomic E-state index is 0.000989. The van der Waals surface area contributed by atoms with Crippen LogP contribution in [0.1, 0.15) is 19.8 Å². The number of likely N-dealkylation sites (tertiary alicyclic amines) is 1. The summed E-state index contributed by atoms with van der Waals surface area (Å²) in [5, 5.41) is 2.88. The molecule has 1 rings (SSSR count). The normalized spacial score (nSPS) is 18.9. The molecule has 0 radical (unpaired) electrons. The number of hydrogen-bond donors (Lipinski definition) is 1. The van der Waals surface area contributed by atoms with Gasteiger partial charge < -0.3 is 14.8 Å². The number of methoxy groups -OCH3 is 2. The van der Waals surface area contributed by atoms with Crippen molar-refractivity contribution < 1.29 is 19.1 Å². The third kappa shape index (κ3) is 5.57. The van der Waals surface area contributed by atoms with Gasteiger partial charge in [0.05, 0.1) is 26.2 Å². The molecule has 1 saturated heterocycles. The molecular formula is C13H24N2O4. The topological polar surface area (TPSA) is 67.9 Å². The second-order valence-electron chi connectivity index (χ2n) is 5.00. The Morgan fingerprint density at radius 3 is 2.47 bits per heavy atom. The van der Waals surface area contributed by atoms with Crippen LogP contribution in [-0.4, -0.2) is 63.3 Å². The van der Waals surface area contributed by atoms with E-state index >= 15 is 0 Å². The van der Waals surface area contributed by atoms with Gasteiger partial charge in [0.25, 0.3) is 0 Å². The summed E-state index contributed by atoms with van der Waals surface area (Å²) in [5.74, 6) is -0.157. The van der Waals surface area contributed by atoms with Crippen molar-refractivity contribution in [3.05, 3.63) is 0 Å². The van der Waals surface area contributed by atoms with Crippen LogP contribution in [0.2, 0.25) is 0 Å². The van der Waals surface area contributed by atoms with E-state index in [9.17, 15) is 9.59 Å². The number of ether oxygens (including phenoxy) is 2. The minimum Gasteiger partial charge on any atom is -0.469 e. The molecule has 0 bridgehead atoms. The summed E-state index contributed by atoms with van der Waals surface area (Å²) in [6.07, 6.45) is 1.52. The number of esters is 1. The van der Waals surface area contributed by atoms with Gasteiger partial charge >= 0.3 is 5.97 Å². The van der Waals surface area contributed by atoms with Crippen molar-refractivity contribution >= 4 is 11.9 Å². The molecule has 110 valence electrons. The van der Waals surface area contributed by atoms with E-state index in [0.29, 0.717) is 13.2 Å².